The Labute approximate surface area is 208 Å². The molecule has 2 heterocycles. The fourth-order valence-corrected chi connectivity index (χ4v) is 5.22. The van der Waals surface area contributed by atoms with Crippen molar-refractivity contribution in [2.45, 2.75) is 65.2 Å². The summed E-state index contributed by atoms with van der Waals surface area (Å²) in [5.74, 6) is 1.27. The van der Waals surface area contributed by atoms with E-state index >= 15 is 0 Å². The molecule has 6 nitrogen and oxygen atoms in total. The van der Waals surface area contributed by atoms with E-state index in [9.17, 15) is 4.79 Å². The molecule has 2 aliphatic rings. The molecule has 0 radical (unpaired) electrons. The number of hydrogen-bond donors (Lipinski definition) is 0. The first kappa shape index (κ1) is 23.6. The molecule has 5 rings (SSSR count). The summed E-state index contributed by atoms with van der Waals surface area (Å²) < 4.78 is 7.74. The van der Waals surface area contributed by atoms with E-state index in [2.05, 4.69) is 59.8 Å². The number of carbonyl (C=O) groups excluding carboxylic acids is 1. The summed E-state index contributed by atoms with van der Waals surface area (Å²) in [7, 11) is 1.70. The predicted octanol–water partition coefficient (Wildman–Crippen LogP) is 4.98. The van der Waals surface area contributed by atoms with Crippen LogP contribution in [0, 0.1) is 5.92 Å². The van der Waals surface area contributed by atoms with Gasteiger partial charge in [0, 0.05) is 43.6 Å². The quantitative estimate of drug-likeness (QED) is 0.464. The Kier molecular flexibility index (Phi) is 6.91. The molecular formula is C29H36N4O2. The molecule has 35 heavy (non-hydrogen) atoms. The molecule has 0 saturated heterocycles. The Morgan fingerprint density at radius 1 is 1.11 bits per heavy atom. The van der Waals surface area contributed by atoms with Gasteiger partial charge in [-0.15, -0.1) is 0 Å². The van der Waals surface area contributed by atoms with Gasteiger partial charge in [0.2, 0.25) is 5.91 Å². The van der Waals surface area contributed by atoms with Crippen LogP contribution in [0.1, 0.15) is 55.6 Å². The molecule has 1 fully saturated rings. The SMILES string of the molecule is COc1ccccc1-n1nc(CN(C(=O)C2CCC2)C(C)C)c2c1CCN(Cc1ccccc1)C2. The maximum Gasteiger partial charge on any atom is 0.226 e. The van der Waals surface area contributed by atoms with Gasteiger partial charge < -0.3 is 9.64 Å². The van der Waals surface area contributed by atoms with Gasteiger partial charge in [0.1, 0.15) is 11.4 Å². The summed E-state index contributed by atoms with van der Waals surface area (Å²) in [5, 5.41) is 5.14. The van der Waals surface area contributed by atoms with Gasteiger partial charge in [0.05, 0.1) is 25.0 Å². The molecule has 0 N–H and O–H groups in total. The van der Waals surface area contributed by atoms with E-state index in [-0.39, 0.29) is 17.9 Å². The van der Waals surface area contributed by atoms with Crippen molar-refractivity contribution < 1.29 is 9.53 Å². The molecule has 3 aromatic rings. The highest BCUT2D eigenvalue weighted by Gasteiger charge is 2.33. The van der Waals surface area contributed by atoms with Crippen molar-refractivity contribution in [1.29, 1.82) is 0 Å². The summed E-state index contributed by atoms with van der Waals surface area (Å²) in [4.78, 5) is 17.8. The lowest BCUT2D eigenvalue weighted by Crippen LogP contribution is -2.42. The van der Waals surface area contributed by atoms with Crippen LogP contribution in [0.4, 0.5) is 0 Å². The molecule has 2 aromatic carbocycles. The third-order valence-corrected chi connectivity index (χ3v) is 7.46. The Bertz CT molecular complexity index is 1170. The second kappa shape index (κ2) is 10.2. The number of aromatic nitrogens is 2. The van der Waals surface area contributed by atoms with Crippen LogP contribution in [0.15, 0.2) is 54.6 Å². The number of nitrogens with zero attached hydrogens (tertiary/aromatic N) is 4. The minimum absolute atomic E-state index is 0.138. The second-order valence-corrected chi connectivity index (χ2v) is 10.1. The number of methoxy groups -OCH3 is 1. The number of benzene rings is 2. The standard InChI is InChI=1S/C29H36N4O2/c1-21(2)32(29(34)23-12-9-13-23)20-25-24-19-31(18-22-10-5-4-6-11-22)17-16-26(24)33(30-25)27-14-7-8-15-28(27)35-3/h4-8,10-11,14-15,21,23H,9,12-13,16-20H2,1-3H3. The van der Waals surface area contributed by atoms with Gasteiger partial charge in [-0.2, -0.15) is 5.10 Å². The van der Waals surface area contributed by atoms with E-state index in [1.54, 1.807) is 7.11 Å². The summed E-state index contributed by atoms with van der Waals surface area (Å²) in [5.41, 5.74) is 5.76. The molecule has 1 amide bonds. The first-order chi connectivity index (χ1) is 17.0. The number of hydrogen-bond acceptors (Lipinski definition) is 4. The van der Waals surface area contributed by atoms with Crippen LogP contribution in [0.5, 0.6) is 5.75 Å². The van der Waals surface area contributed by atoms with Crippen LogP contribution in [-0.2, 0) is 30.8 Å². The zero-order chi connectivity index (χ0) is 24.4. The third kappa shape index (κ3) is 4.85. The minimum Gasteiger partial charge on any atom is -0.494 e. The Morgan fingerprint density at radius 2 is 1.86 bits per heavy atom. The Balaban J connectivity index is 1.50. The zero-order valence-corrected chi connectivity index (χ0v) is 21.1. The normalized spacial score (nSPS) is 16.1. The first-order valence-corrected chi connectivity index (χ1v) is 12.8. The average molecular weight is 473 g/mol. The van der Waals surface area contributed by atoms with Gasteiger partial charge in [0.15, 0.2) is 0 Å². The van der Waals surface area contributed by atoms with E-state index in [0.29, 0.717) is 6.54 Å². The molecule has 184 valence electrons. The van der Waals surface area contributed by atoms with Gasteiger partial charge in [-0.05, 0) is 44.4 Å². The minimum atomic E-state index is 0.138. The smallest absolute Gasteiger partial charge is 0.226 e. The lowest BCUT2D eigenvalue weighted by atomic mass is 9.84. The summed E-state index contributed by atoms with van der Waals surface area (Å²) in [6.07, 6.45) is 4.10. The fraction of sp³-hybridized carbons (Fsp3) is 0.448. The molecule has 6 heteroatoms. The highest BCUT2D eigenvalue weighted by molar-refractivity contribution is 5.79. The van der Waals surface area contributed by atoms with Gasteiger partial charge in [-0.3, -0.25) is 9.69 Å². The van der Waals surface area contributed by atoms with E-state index in [1.165, 1.54) is 16.8 Å². The molecule has 1 aliphatic carbocycles. The highest BCUT2D eigenvalue weighted by Crippen LogP contribution is 2.33. The molecule has 1 saturated carbocycles. The Hall–Kier alpha value is -3.12. The van der Waals surface area contributed by atoms with Crippen LogP contribution >= 0.6 is 0 Å². The molecule has 1 aliphatic heterocycles. The zero-order valence-electron chi connectivity index (χ0n) is 21.1. The van der Waals surface area contributed by atoms with Crippen molar-refractivity contribution in [3.63, 3.8) is 0 Å². The Morgan fingerprint density at radius 3 is 2.54 bits per heavy atom. The molecule has 0 spiro atoms. The average Bonchev–Trinajstić information content (AvgIpc) is 3.19. The summed E-state index contributed by atoms with van der Waals surface area (Å²) in [6.45, 7) is 7.49. The highest BCUT2D eigenvalue weighted by atomic mass is 16.5. The monoisotopic (exact) mass is 472 g/mol. The lowest BCUT2D eigenvalue weighted by Gasteiger charge is -2.34. The van der Waals surface area contributed by atoms with Crippen molar-refractivity contribution in [2.75, 3.05) is 13.7 Å². The van der Waals surface area contributed by atoms with Gasteiger partial charge >= 0.3 is 0 Å². The number of amides is 1. The van der Waals surface area contributed by atoms with E-state index < -0.39 is 0 Å². The van der Waals surface area contributed by atoms with Gasteiger partial charge in [-0.25, -0.2) is 4.68 Å². The van der Waals surface area contributed by atoms with Gasteiger partial charge in [0.25, 0.3) is 0 Å². The number of rotatable bonds is 8. The number of fused-ring (bicyclic) bond motifs is 1. The molecule has 0 bridgehead atoms. The maximum atomic E-state index is 13.3. The summed E-state index contributed by atoms with van der Waals surface area (Å²) in [6, 6.07) is 18.8. The third-order valence-electron chi connectivity index (χ3n) is 7.46. The summed E-state index contributed by atoms with van der Waals surface area (Å²) >= 11 is 0. The predicted molar refractivity (Wildman–Crippen MR) is 137 cm³/mol. The maximum absolute atomic E-state index is 13.3. The van der Waals surface area contributed by atoms with E-state index in [1.807, 2.05) is 23.1 Å². The van der Waals surface area contributed by atoms with E-state index in [4.69, 9.17) is 9.84 Å². The van der Waals surface area contributed by atoms with Crippen LogP contribution in [0.3, 0.4) is 0 Å². The van der Waals surface area contributed by atoms with Crippen LogP contribution in [0.2, 0.25) is 0 Å². The number of carbonyl (C=O) groups is 1. The lowest BCUT2D eigenvalue weighted by molar-refractivity contribution is -0.140. The van der Waals surface area contributed by atoms with Crippen molar-refractivity contribution in [2.24, 2.45) is 5.92 Å². The van der Waals surface area contributed by atoms with Crippen molar-refractivity contribution in [3.05, 3.63) is 77.1 Å². The van der Waals surface area contributed by atoms with Crippen molar-refractivity contribution in [3.8, 4) is 11.4 Å². The van der Waals surface area contributed by atoms with Crippen LogP contribution < -0.4 is 4.74 Å². The molecule has 0 unspecified atom stereocenters. The largest absolute Gasteiger partial charge is 0.494 e. The van der Waals surface area contributed by atoms with Gasteiger partial charge in [-0.1, -0.05) is 48.9 Å². The fourth-order valence-electron chi connectivity index (χ4n) is 5.22. The topological polar surface area (TPSA) is 50.6 Å². The van der Waals surface area contributed by atoms with E-state index in [0.717, 1.165) is 62.4 Å². The van der Waals surface area contributed by atoms with Crippen molar-refractivity contribution in [1.82, 2.24) is 19.6 Å². The molecule has 1 aromatic heterocycles. The molecular weight excluding hydrogens is 436 g/mol. The van der Waals surface area contributed by atoms with Crippen LogP contribution in [-0.4, -0.2) is 45.2 Å². The first-order valence-electron chi connectivity index (χ1n) is 12.8. The number of ether oxygens (including phenoxy) is 1. The molecule has 0 atom stereocenters. The van der Waals surface area contributed by atoms with Crippen LogP contribution in [0.25, 0.3) is 5.69 Å². The number of para-hydroxylation sites is 2. The second-order valence-electron chi connectivity index (χ2n) is 10.1. The van der Waals surface area contributed by atoms with Crippen molar-refractivity contribution >= 4 is 5.91 Å².